The average Bonchev–Trinajstić information content (AvgIpc) is 2.44. The Morgan fingerprint density at radius 2 is 2.46 bits per heavy atom. The normalized spacial score (nSPS) is 16.4. The molecule has 1 heterocycles. The lowest BCUT2D eigenvalue weighted by Crippen LogP contribution is -2.18. The van der Waals surface area contributed by atoms with Crippen LogP contribution in [0.5, 0.6) is 0 Å². The van der Waals surface area contributed by atoms with E-state index in [9.17, 15) is 4.79 Å². The second kappa shape index (κ2) is 2.85. The van der Waals surface area contributed by atoms with E-state index in [2.05, 4.69) is 5.10 Å². The molecule has 0 bridgehead atoms. The summed E-state index contributed by atoms with van der Waals surface area (Å²) in [6.45, 7) is 0. The van der Waals surface area contributed by atoms with Crippen molar-refractivity contribution in [3.8, 4) is 0 Å². The number of allylic oxidation sites excluding steroid dienone is 1. The minimum absolute atomic E-state index is 0.131. The summed E-state index contributed by atoms with van der Waals surface area (Å²) in [7, 11) is 1.80. The van der Waals surface area contributed by atoms with Crippen LogP contribution in [0, 0.1) is 0 Å². The van der Waals surface area contributed by atoms with Crippen LogP contribution < -0.4 is 10.6 Å². The van der Waals surface area contributed by atoms with E-state index < -0.39 is 0 Å². The summed E-state index contributed by atoms with van der Waals surface area (Å²) in [5.41, 5.74) is 0.719. The van der Waals surface area contributed by atoms with Gasteiger partial charge in [0.1, 0.15) is 5.69 Å². The highest BCUT2D eigenvalue weighted by Gasteiger charge is 2.18. The average molecular weight is 195 g/mol. The summed E-state index contributed by atoms with van der Waals surface area (Å²) in [5.74, 6) is 5.32. The maximum Gasteiger partial charge on any atom is 0.208 e. The van der Waals surface area contributed by atoms with Crippen LogP contribution in [0.2, 0.25) is 0 Å². The highest BCUT2D eigenvalue weighted by Crippen LogP contribution is 2.20. The lowest BCUT2D eigenvalue weighted by Gasteiger charge is -2.04. The molecule has 2 N–H and O–H groups in total. The quantitative estimate of drug-likeness (QED) is 0.483. The zero-order chi connectivity index (χ0) is 9.42. The first-order chi connectivity index (χ1) is 6.24. The molecule has 1 aliphatic carbocycles. The molecule has 68 valence electrons. The van der Waals surface area contributed by atoms with Gasteiger partial charge in [-0.3, -0.25) is 4.79 Å². The van der Waals surface area contributed by atoms with Gasteiger partial charge in [0, 0.05) is 13.5 Å². The van der Waals surface area contributed by atoms with Crippen LogP contribution in [0.4, 0.5) is 0 Å². The number of hydrogen-bond acceptors (Lipinski definition) is 4. The second-order valence-corrected chi connectivity index (χ2v) is 3.82. The Morgan fingerprint density at radius 3 is 3.08 bits per heavy atom. The van der Waals surface area contributed by atoms with E-state index in [0.717, 1.165) is 10.6 Å². The first-order valence-electron chi connectivity index (χ1n) is 3.87. The van der Waals surface area contributed by atoms with E-state index >= 15 is 0 Å². The fourth-order valence-electron chi connectivity index (χ4n) is 1.40. The highest BCUT2D eigenvalue weighted by atomic mass is 32.1. The lowest BCUT2D eigenvalue weighted by atomic mass is 10.1. The number of rotatable bonds is 0. The van der Waals surface area contributed by atoms with E-state index in [4.69, 9.17) is 5.84 Å². The smallest absolute Gasteiger partial charge is 0.208 e. The monoisotopic (exact) mass is 195 g/mol. The molecule has 0 aliphatic heterocycles. The van der Waals surface area contributed by atoms with E-state index in [-0.39, 0.29) is 5.78 Å². The molecule has 0 radical (unpaired) electrons. The Hall–Kier alpha value is -1.36. The number of Topliss-reactive ketones (excluding diaryl/α,β-unsaturated/α-hetero) is 1. The van der Waals surface area contributed by atoms with Gasteiger partial charge in [0.15, 0.2) is 5.78 Å². The first kappa shape index (κ1) is 8.25. The van der Waals surface area contributed by atoms with Crippen molar-refractivity contribution >= 4 is 23.2 Å². The molecule has 2 rings (SSSR count). The maximum absolute atomic E-state index is 11.5. The Bertz CT molecular complexity index is 452. The predicted octanol–water partition coefficient (Wildman–Crippen LogP) is 0.461. The van der Waals surface area contributed by atoms with Crippen molar-refractivity contribution in [1.29, 1.82) is 0 Å². The number of thiazole rings is 1. The third-order valence-corrected chi connectivity index (χ3v) is 3.12. The number of carbonyl (C=O) groups excluding carboxylic acids is 1. The van der Waals surface area contributed by atoms with Gasteiger partial charge in [-0.05, 0) is 6.08 Å². The minimum atomic E-state index is 0.131. The van der Waals surface area contributed by atoms with Crippen molar-refractivity contribution in [3.05, 3.63) is 21.4 Å². The topological polar surface area (TPSA) is 60.4 Å². The van der Waals surface area contributed by atoms with Gasteiger partial charge in [0.25, 0.3) is 0 Å². The van der Waals surface area contributed by atoms with Gasteiger partial charge in [-0.1, -0.05) is 17.4 Å². The summed E-state index contributed by atoms with van der Waals surface area (Å²) < 4.78 is 1.74. The van der Waals surface area contributed by atoms with E-state index in [1.165, 1.54) is 11.3 Å². The third kappa shape index (κ3) is 1.12. The van der Waals surface area contributed by atoms with Gasteiger partial charge < -0.3 is 10.4 Å². The van der Waals surface area contributed by atoms with Gasteiger partial charge >= 0.3 is 0 Å². The number of carbonyl (C=O) groups is 1. The minimum Gasteiger partial charge on any atom is -0.320 e. The number of fused-ring (bicyclic) bond motifs is 1. The number of ketones is 1. The summed E-state index contributed by atoms with van der Waals surface area (Å²) in [4.78, 5) is 13.1. The second-order valence-electron chi connectivity index (χ2n) is 2.82. The van der Waals surface area contributed by atoms with E-state index in [1.54, 1.807) is 11.6 Å². The third-order valence-electron chi connectivity index (χ3n) is 2.00. The molecule has 13 heavy (non-hydrogen) atoms. The number of hydrogen-bond donors (Lipinski definition) is 1. The summed E-state index contributed by atoms with van der Waals surface area (Å²) in [6.07, 6.45) is 4.28. The van der Waals surface area contributed by atoms with Crippen molar-refractivity contribution in [2.24, 2.45) is 18.0 Å². The number of aromatic nitrogens is 1. The van der Waals surface area contributed by atoms with Crippen molar-refractivity contribution in [1.82, 2.24) is 4.57 Å². The summed E-state index contributed by atoms with van der Waals surface area (Å²) in [5, 5.41) is 3.60. The standard InChI is InChI=1S/C8H9N3OS/c1-11-7-5(12)3-2-4-6(7)13-8(11)10-9/h2,4H,3,9H2,1H3. The number of nitrogens with zero attached hydrogens (tertiary/aromatic N) is 2. The molecule has 1 aromatic heterocycles. The SMILES string of the molecule is Cn1c2c(sc1=NN)C=CCC2=O. The molecule has 1 aliphatic rings. The van der Waals surface area contributed by atoms with Crippen molar-refractivity contribution in [2.75, 3.05) is 0 Å². The fraction of sp³-hybridized carbons (Fsp3) is 0.250. The van der Waals surface area contributed by atoms with Crippen molar-refractivity contribution in [2.45, 2.75) is 6.42 Å². The van der Waals surface area contributed by atoms with Crippen LogP contribution in [0.3, 0.4) is 0 Å². The molecule has 0 amide bonds. The Kier molecular flexibility index (Phi) is 1.81. The van der Waals surface area contributed by atoms with Gasteiger partial charge in [-0.25, -0.2) is 0 Å². The molecule has 0 spiro atoms. The van der Waals surface area contributed by atoms with E-state index in [0.29, 0.717) is 11.2 Å². The zero-order valence-electron chi connectivity index (χ0n) is 7.15. The fourth-order valence-corrected chi connectivity index (χ4v) is 2.39. The molecule has 0 unspecified atom stereocenters. The van der Waals surface area contributed by atoms with Crippen LogP contribution in [0.25, 0.3) is 6.08 Å². The summed E-state index contributed by atoms with van der Waals surface area (Å²) in [6, 6.07) is 0. The maximum atomic E-state index is 11.5. The molecular weight excluding hydrogens is 186 g/mol. The van der Waals surface area contributed by atoms with Crippen molar-refractivity contribution in [3.63, 3.8) is 0 Å². The molecule has 0 aromatic carbocycles. The van der Waals surface area contributed by atoms with Gasteiger partial charge in [-0.15, -0.1) is 0 Å². The highest BCUT2D eigenvalue weighted by molar-refractivity contribution is 7.10. The van der Waals surface area contributed by atoms with Crippen LogP contribution in [-0.4, -0.2) is 10.4 Å². The number of nitrogens with two attached hydrogens (primary N) is 1. The van der Waals surface area contributed by atoms with Crippen LogP contribution in [0.15, 0.2) is 11.2 Å². The van der Waals surface area contributed by atoms with Gasteiger partial charge in [0.2, 0.25) is 4.80 Å². The summed E-state index contributed by atoms with van der Waals surface area (Å²) >= 11 is 1.43. The molecule has 4 nitrogen and oxygen atoms in total. The van der Waals surface area contributed by atoms with Crippen LogP contribution >= 0.6 is 11.3 Å². The molecule has 0 saturated heterocycles. The Labute approximate surface area is 79.0 Å². The van der Waals surface area contributed by atoms with Crippen LogP contribution in [-0.2, 0) is 7.05 Å². The molecule has 5 heteroatoms. The molecule has 0 atom stereocenters. The van der Waals surface area contributed by atoms with E-state index in [1.807, 2.05) is 12.2 Å². The zero-order valence-corrected chi connectivity index (χ0v) is 7.97. The Balaban J connectivity index is 2.78. The molecule has 0 saturated carbocycles. The molecule has 1 aromatic rings. The van der Waals surface area contributed by atoms with Gasteiger partial charge in [0.05, 0.1) is 4.88 Å². The van der Waals surface area contributed by atoms with Crippen LogP contribution in [0.1, 0.15) is 21.8 Å². The Morgan fingerprint density at radius 1 is 1.69 bits per heavy atom. The molecule has 0 fully saturated rings. The predicted molar refractivity (Wildman–Crippen MR) is 51.0 cm³/mol. The van der Waals surface area contributed by atoms with Crippen molar-refractivity contribution < 1.29 is 4.79 Å². The lowest BCUT2D eigenvalue weighted by molar-refractivity contribution is 0.0986. The first-order valence-corrected chi connectivity index (χ1v) is 4.69. The molecular formula is C8H9N3OS. The van der Waals surface area contributed by atoms with Gasteiger partial charge in [-0.2, -0.15) is 5.10 Å². The largest absolute Gasteiger partial charge is 0.320 e.